The van der Waals surface area contributed by atoms with E-state index in [-0.39, 0.29) is 23.7 Å². The molecule has 0 saturated carbocycles. The molecule has 2 aromatic heterocycles. The molecule has 12 nitrogen and oxygen atoms in total. The molecule has 5 aromatic carbocycles. The number of carbonyl (C=O) groups is 2. The maximum absolute atomic E-state index is 12.6. The molecule has 290 valence electrons. The van der Waals surface area contributed by atoms with Crippen molar-refractivity contribution in [2.75, 3.05) is 33.7 Å². The number of hydrogen-bond acceptors (Lipinski definition) is 8. The van der Waals surface area contributed by atoms with Crippen molar-refractivity contribution in [3.8, 4) is 5.75 Å². The summed E-state index contributed by atoms with van der Waals surface area (Å²) in [6.07, 6.45) is 0. The van der Waals surface area contributed by atoms with Gasteiger partial charge < -0.3 is 20.7 Å². The number of urea groups is 2. The number of aromatic nitrogens is 4. The van der Waals surface area contributed by atoms with Gasteiger partial charge in [0.05, 0.1) is 18.5 Å². The van der Waals surface area contributed by atoms with Crippen LogP contribution in [0.2, 0.25) is 5.15 Å². The standard InChI is InChI=1S/C26H27N5O2.C18H17ClN4O/c1-17(2)23-15-24(27-16-18-8-12-22(33-3)13-9-18)30-25(29-23)31-26(32)28-21-11-10-19-6-4-5-7-20(19)14-21;1-11(2)15-10-16(19)22-17(21-15)23-18(24)20-14-8-7-12-5-3-4-6-13(12)9-14/h4-15,17H,16H2,1-3H3,(H3,27,28,29,30,31,32);3-11H,1-2H3,(H2,20,21,22,23,24). The number of fused-ring (bicyclic) bond motifs is 2. The lowest BCUT2D eigenvalue weighted by atomic mass is 10.1. The van der Waals surface area contributed by atoms with Crippen molar-refractivity contribution in [1.82, 2.24) is 19.9 Å². The molecule has 4 amide bonds. The lowest BCUT2D eigenvalue weighted by Crippen LogP contribution is -2.21. The van der Waals surface area contributed by atoms with Gasteiger partial charge in [-0.1, -0.05) is 112 Å². The third-order valence-electron chi connectivity index (χ3n) is 8.74. The largest absolute Gasteiger partial charge is 0.497 e. The molecule has 0 saturated heterocycles. The van der Waals surface area contributed by atoms with E-state index < -0.39 is 12.1 Å². The number of nitrogens with zero attached hydrogens (tertiary/aromatic N) is 4. The fourth-order valence-electron chi connectivity index (χ4n) is 5.69. The number of benzene rings is 5. The Kier molecular flexibility index (Phi) is 13.1. The van der Waals surface area contributed by atoms with Crippen LogP contribution < -0.4 is 31.3 Å². The number of carbonyl (C=O) groups excluding carboxylic acids is 2. The maximum atomic E-state index is 12.6. The number of rotatable bonds is 10. The molecule has 0 aliphatic carbocycles. The molecule has 0 bridgehead atoms. The van der Waals surface area contributed by atoms with Crippen molar-refractivity contribution in [1.29, 1.82) is 0 Å². The molecule has 7 aromatic rings. The number of hydrogen-bond donors (Lipinski definition) is 5. The van der Waals surface area contributed by atoms with Crippen LogP contribution in [0.1, 0.15) is 56.5 Å². The number of anilines is 5. The zero-order valence-electron chi connectivity index (χ0n) is 32.3. The van der Waals surface area contributed by atoms with Crippen molar-refractivity contribution < 1.29 is 14.3 Å². The monoisotopic (exact) mass is 781 g/mol. The van der Waals surface area contributed by atoms with Gasteiger partial charge in [0.25, 0.3) is 0 Å². The van der Waals surface area contributed by atoms with Crippen LogP contribution in [0, 0.1) is 0 Å². The van der Waals surface area contributed by atoms with Crippen LogP contribution in [0.15, 0.2) is 121 Å². The SMILES string of the molecule is CC(C)c1cc(Cl)nc(NC(=O)Nc2ccc3ccccc3c2)n1.COc1ccc(CNc2cc(C(C)C)nc(NC(=O)Nc3ccc4ccccc4c3)n2)cc1. The van der Waals surface area contributed by atoms with E-state index in [0.717, 1.165) is 44.2 Å². The Morgan fingerprint density at radius 1 is 0.579 bits per heavy atom. The van der Waals surface area contributed by atoms with Gasteiger partial charge in [0.1, 0.15) is 16.7 Å². The Bertz CT molecular complexity index is 2490. The number of amides is 4. The van der Waals surface area contributed by atoms with Crippen molar-refractivity contribution in [2.24, 2.45) is 0 Å². The first-order chi connectivity index (χ1) is 27.5. The Morgan fingerprint density at radius 2 is 1.07 bits per heavy atom. The van der Waals surface area contributed by atoms with Crippen molar-refractivity contribution >= 4 is 74.3 Å². The van der Waals surface area contributed by atoms with Gasteiger partial charge in [-0.2, -0.15) is 4.98 Å². The van der Waals surface area contributed by atoms with E-state index in [2.05, 4.69) is 60.4 Å². The average molecular weight is 782 g/mol. The van der Waals surface area contributed by atoms with E-state index in [1.165, 1.54) is 0 Å². The Hall–Kier alpha value is -6.79. The minimum Gasteiger partial charge on any atom is -0.497 e. The van der Waals surface area contributed by atoms with E-state index in [9.17, 15) is 9.59 Å². The smallest absolute Gasteiger partial charge is 0.326 e. The van der Waals surface area contributed by atoms with Gasteiger partial charge in [-0.25, -0.2) is 24.5 Å². The molecule has 0 aliphatic heterocycles. The summed E-state index contributed by atoms with van der Waals surface area (Å²) in [5.74, 6) is 2.26. The third kappa shape index (κ3) is 11.4. The normalized spacial score (nSPS) is 10.8. The minimum atomic E-state index is -0.415. The molecule has 0 unspecified atom stereocenters. The summed E-state index contributed by atoms with van der Waals surface area (Å²) in [5, 5.41) is 19.0. The Labute approximate surface area is 336 Å². The molecular formula is C44H44ClN9O3. The zero-order chi connectivity index (χ0) is 40.3. The highest BCUT2D eigenvalue weighted by atomic mass is 35.5. The molecule has 0 spiro atoms. The summed E-state index contributed by atoms with van der Waals surface area (Å²) in [4.78, 5) is 42.1. The fraction of sp³-hybridized carbons (Fsp3) is 0.182. The van der Waals surface area contributed by atoms with Crippen LogP contribution >= 0.6 is 11.6 Å². The lowest BCUT2D eigenvalue weighted by Gasteiger charge is -2.13. The Balaban J connectivity index is 0.000000203. The van der Waals surface area contributed by atoms with Crippen molar-refractivity contribution in [3.05, 3.63) is 143 Å². The van der Waals surface area contributed by atoms with Gasteiger partial charge in [0, 0.05) is 24.0 Å². The van der Waals surface area contributed by atoms with E-state index in [1.54, 1.807) is 13.2 Å². The van der Waals surface area contributed by atoms with Gasteiger partial charge in [-0.3, -0.25) is 10.6 Å². The highest BCUT2D eigenvalue weighted by Crippen LogP contribution is 2.23. The molecule has 57 heavy (non-hydrogen) atoms. The quantitative estimate of drug-likeness (QED) is 0.0859. The van der Waals surface area contributed by atoms with Crippen LogP contribution in [0.5, 0.6) is 5.75 Å². The highest BCUT2D eigenvalue weighted by Gasteiger charge is 2.13. The number of nitrogens with one attached hydrogen (secondary N) is 5. The second-order valence-corrected chi connectivity index (χ2v) is 14.1. The molecule has 13 heteroatoms. The van der Waals surface area contributed by atoms with E-state index >= 15 is 0 Å². The summed E-state index contributed by atoms with van der Waals surface area (Å²) in [5.41, 5.74) is 4.09. The molecule has 5 N–H and O–H groups in total. The third-order valence-corrected chi connectivity index (χ3v) is 8.94. The van der Waals surface area contributed by atoms with Crippen LogP contribution in [0.4, 0.5) is 38.7 Å². The Morgan fingerprint density at radius 3 is 1.58 bits per heavy atom. The predicted molar refractivity (Wildman–Crippen MR) is 231 cm³/mol. The molecule has 0 aliphatic rings. The number of ether oxygens (including phenoxy) is 1. The van der Waals surface area contributed by atoms with Gasteiger partial charge in [-0.15, -0.1) is 0 Å². The van der Waals surface area contributed by atoms with Crippen molar-refractivity contribution in [3.63, 3.8) is 0 Å². The fourth-order valence-corrected chi connectivity index (χ4v) is 5.88. The summed E-state index contributed by atoms with van der Waals surface area (Å²) in [6.45, 7) is 8.68. The second kappa shape index (κ2) is 18.7. The number of halogens is 1. The minimum absolute atomic E-state index is 0.179. The molecule has 0 fully saturated rings. The zero-order valence-corrected chi connectivity index (χ0v) is 33.1. The van der Waals surface area contributed by atoms with Crippen molar-refractivity contribution in [2.45, 2.75) is 46.1 Å². The summed E-state index contributed by atoms with van der Waals surface area (Å²) in [7, 11) is 1.65. The topological polar surface area (TPSA) is 155 Å². The summed E-state index contributed by atoms with van der Waals surface area (Å²) in [6, 6.07) is 38.0. The van der Waals surface area contributed by atoms with E-state index in [0.29, 0.717) is 28.9 Å². The van der Waals surface area contributed by atoms with Gasteiger partial charge >= 0.3 is 12.1 Å². The number of methoxy groups -OCH3 is 1. The molecule has 2 heterocycles. The summed E-state index contributed by atoms with van der Waals surface area (Å²) >= 11 is 5.98. The average Bonchev–Trinajstić information content (AvgIpc) is 3.20. The van der Waals surface area contributed by atoms with E-state index in [1.807, 2.05) is 129 Å². The van der Waals surface area contributed by atoms with Crippen LogP contribution in [-0.4, -0.2) is 39.1 Å². The van der Waals surface area contributed by atoms with Gasteiger partial charge in [0.15, 0.2) is 0 Å². The van der Waals surface area contributed by atoms with E-state index in [4.69, 9.17) is 16.3 Å². The molecular weight excluding hydrogens is 738 g/mol. The first-order valence-corrected chi connectivity index (χ1v) is 18.8. The van der Waals surface area contributed by atoms with Gasteiger partial charge in [0.2, 0.25) is 11.9 Å². The second-order valence-electron chi connectivity index (χ2n) is 13.7. The van der Waals surface area contributed by atoms with Crippen LogP contribution in [0.25, 0.3) is 21.5 Å². The first kappa shape index (κ1) is 39.9. The molecule has 7 rings (SSSR count). The molecule has 0 radical (unpaired) electrons. The maximum Gasteiger partial charge on any atom is 0.326 e. The highest BCUT2D eigenvalue weighted by molar-refractivity contribution is 6.29. The first-order valence-electron chi connectivity index (χ1n) is 18.4. The van der Waals surface area contributed by atoms with Gasteiger partial charge in [-0.05, 0) is 81.4 Å². The lowest BCUT2D eigenvalue weighted by molar-refractivity contribution is 0.261. The molecule has 0 atom stereocenters. The predicted octanol–water partition coefficient (Wildman–Crippen LogP) is 11.1. The summed E-state index contributed by atoms with van der Waals surface area (Å²) < 4.78 is 5.20. The van der Waals surface area contributed by atoms with Crippen LogP contribution in [-0.2, 0) is 6.54 Å². The van der Waals surface area contributed by atoms with Crippen LogP contribution in [0.3, 0.4) is 0 Å².